The maximum absolute atomic E-state index is 12.3. The maximum Gasteiger partial charge on any atom is 0.224 e. The smallest absolute Gasteiger partial charge is 0.224 e. The van der Waals surface area contributed by atoms with E-state index < -0.39 is 0 Å². The maximum atomic E-state index is 12.3. The number of amides is 1. The van der Waals surface area contributed by atoms with Gasteiger partial charge in [0.25, 0.3) is 0 Å². The van der Waals surface area contributed by atoms with E-state index in [1.807, 2.05) is 56.3 Å². The summed E-state index contributed by atoms with van der Waals surface area (Å²) in [4.78, 5) is 12.3. The Kier molecular flexibility index (Phi) is 5.63. The summed E-state index contributed by atoms with van der Waals surface area (Å²) in [6, 6.07) is 13.6. The molecule has 0 aliphatic heterocycles. The molecule has 1 atom stereocenters. The van der Waals surface area contributed by atoms with Gasteiger partial charge >= 0.3 is 0 Å². The second-order valence-electron chi connectivity index (χ2n) is 5.51. The molecule has 0 saturated carbocycles. The van der Waals surface area contributed by atoms with Gasteiger partial charge < -0.3 is 14.8 Å². The van der Waals surface area contributed by atoms with E-state index in [-0.39, 0.29) is 11.9 Å². The number of benzene rings is 2. The molecule has 4 heteroatoms. The van der Waals surface area contributed by atoms with E-state index in [1.54, 1.807) is 14.2 Å². The molecule has 0 bridgehead atoms. The zero-order valence-corrected chi connectivity index (χ0v) is 14.1. The van der Waals surface area contributed by atoms with Crippen LogP contribution in [0, 0.1) is 6.92 Å². The van der Waals surface area contributed by atoms with Crippen LogP contribution >= 0.6 is 0 Å². The number of rotatable bonds is 6. The number of ether oxygens (including phenoxy) is 2. The molecular weight excluding hydrogens is 290 g/mol. The Morgan fingerprint density at radius 2 is 1.78 bits per heavy atom. The molecule has 1 amide bonds. The second kappa shape index (κ2) is 7.68. The zero-order valence-electron chi connectivity index (χ0n) is 14.1. The van der Waals surface area contributed by atoms with E-state index in [2.05, 4.69) is 5.32 Å². The molecule has 0 aliphatic carbocycles. The molecule has 2 aromatic rings. The first-order valence-corrected chi connectivity index (χ1v) is 7.61. The van der Waals surface area contributed by atoms with Crippen LogP contribution in [0.1, 0.15) is 29.7 Å². The van der Waals surface area contributed by atoms with Crippen molar-refractivity contribution >= 4 is 5.91 Å². The standard InChI is InChI=1S/C19H23NO3/c1-13-7-5-6-8-16(13)14(2)20-19(21)12-15-9-10-17(22-3)18(11-15)23-4/h5-11,14H,12H2,1-4H3,(H,20,21)/t14-/m0/s1. The van der Waals surface area contributed by atoms with Gasteiger partial charge in [-0.05, 0) is 42.7 Å². The van der Waals surface area contributed by atoms with Gasteiger partial charge in [-0.2, -0.15) is 0 Å². The fraction of sp³-hybridized carbons (Fsp3) is 0.316. The Morgan fingerprint density at radius 3 is 2.43 bits per heavy atom. The van der Waals surface area contributed by atoms with Crippen molar-refractivity contribution in [3.63, 3.8) is 0 Å². The van der Waals surface area contributed by atoms with Crippen molar-refractivity contribution in [3.8, 4) is 11.5 Å². The van der Waals surface area contributed by atoms with Crippen molar-refractivity contribution < 1.29 is 14.3 Å². The number of carbonyl (C=O) groups excluding carboxylic acids is 1. The van der Waals surface area contributed by atoms with Gasteiger partial charge in [0, 0.05) is 0 Å². The normalized spacial score (nSPS) is 11.7. The van der Waals surface area contributed by atoms with Crippen molar-refractivity contribution in [2.24, 2.45) is 0 Å². The first kappa shape index (κ1) is 16.9. The van der Waals surface area contributed by atoms with Crippen LogP contribution in [0.3, 0.4) is 0 Å². The molecule has 0 aliphatic rings. The Bertz CT molecular complexity index is 682. The van der Waals surface area contributed by atoms with Crippen LogP contribution in [0.4, 0.5) is 0 Å². The van der Waals surface area contributed by atoms with Gasteiger partial charge in [0.05, 0.1) is 26.7 Å². The summed E-state index contributed by atoms with van der Waals surface area (Å²) in [5.74, 6) is 1.27. The van der Waals surface area contributed by atoms with E-state index in [0.717, 1.165) is 11.1 Å². The number of carbonyl (C=O) groups is 1. The van der Waals surface area contributed by atoms with Crippen LogP contribution in [0.25, 0.3) is 0 Å². The van der Waals surface area contributed by atoms with Gasteiger partial charge in [0.2, 0.25) is 5.91 Å². The van der Waals surface area contributed by atoms with Crippen LogP contribution in [-0.2, 0) is 11.2 Å². The third-order valence-corrected chi connectivity index (χ3v) is 3.85. The van der Waals surface area contributed by atoms with Crippen molar-refractivity contribution in [1.29, 1.82) is 0 Å². The third-order valence-electron chi connectivity index (χ3n) is 3.85. The summed E-state index contributed by atoms with van der Waals surface area (Å²) in [6.07, 6.45) is 0.302. The first-order chi connectivity index (χ1) is 11.0. The first-order valence-electron chi connectivity index (χ1n) is 7.61. The number of methoxy groups -OCH3 is 2. The van der Waals surface area contributed by atoms with Crippen LogP contribution < -0.4 is 14.8 Å². The monoisotopic (exact) mass is 313 g/mol. The van der Waals surface area contributed by atoms with E-state index in [1.165, 1.54) is 5.56 Å². The predicted octanol–water partition coefficient (Wildman–Crippen LogP) is 3.43. The van der Waals surface area contributed by atoms with Gasteiger partial charge in [-0.15, -0.1) is 0 Å². The number of hydrogen-bond donors (Lipinski definition) is 1. The molecule has 0 unspecified atom stereocenters. The molecule has 4 nitrogen and oxygen atoms in total. The minimum Gasteiger partial charge on any atom is -0.493 e. The molecule has 1 N–H and O–H groups in total. The second-order valence-corrected chi connectivity index (χ2v) is 5.51. The van der Waals surface area contributed by atoms with E-state index in [4.69, 9.17) is 9.47 Å². The highest BCUT2D eigenvalue weighted by Crippen LogP contribution is 2.27. The molecule has 0 aromatic heterocycles. The number of hydrogen-bond acceptors (Lipinski definition) is 3. The average molecular weight is 313 g/mol. The van der Waals surface area contributed by atoms with E-state index >= 15 is 0 Å². The van der Waals surface area contributed by atoms with Crippen molar-refractivity contribution in [1.82, 2.24) is 5.32 Å². The van der Waals surface area contributed by atoms with E-state index in [0.29, 0.717) is 17.9 Å². The molecule has 0 fully saturated rings. The third kappa shape index (κ3) is 4.25. The zero-order chi connectivity index (χ0) is 16.8. The molecule has 0 radical (unpaired) electrons. The fourth-order valence-electron chi connectivity index (χ4n) is 2.62. The Hall–Kier alpha value is -2.49. The van der Waals surface area contributed by atoms with Gasteiger partial charge in [0.1, 0.15) is 0 Å². The highest BCUT2D eigenvalue weighted by molar-refractivity contribution is 5.79. The Labute approximate surface area is 137 Å². The Morgan fingerprint density at radius 1 is 1.09 bits per heavy atom. The molecule has 0 heterocycles. The summed E-state index contributed by atoms with van der Waals surface area (Å²) >= 11 is 0. The lowest BCUT2D eigenvalue weighted by molar-refractivity contribution is -0.121. The Balaban J connectivity index is 2.03. The van der Waals surface area contributed by atoms with Gasteiger partial charge in [0.15, 0.2) is 11.5 Å². The highest BCUT2D eigenvalue weighted by atomic mass is 16.5. The summed E-state index contributed by atoms with van der Waals surface area (Å²) in [6.45, 7) is 4.04. The minimum absolute atomic E-state index is 0.0204. The lowest BCUT2D eigenvalue weighted by Crippen LogP contribution is -2.28. The molecule has 0 saturated heterocycles. The number of aryl methyl sites for hydroxylation is 1. The fourth-order valence-corrected chi connectivity index (χ4v) is 2.62. The van der Waals surface area contributed by atoms with Crippen LogP contribution in [0.5, 0.6) is 11.5 Å². The lowest BCUT2D eigenvalue weighted by Gasteiger charge is -2.17. The van der Waals surface area contributed by atoms with Crippen molar-refractivity contribution in [2.75, 3.05) is 14.2 Å². The van der Waals surface area contributed by atoms with Gasteiger partial charge in [-0.1, -0.05) is 30.3 Å². The number of nitrogens with one attached hydrogen (secondary N) is 1. The summed E-state index contributed by atoms with van der Waals surface area (Å²) < 4.78 is 10.5. The molecule has 2 aromatic carbocycles. The van der Waals surface area contributed by atoms with E-state index in [9.17, 15) is 4.79 Å². The van der Waals surface area contributed by atoms with Gasteiger partial charge in [-0.3, -0.25) is 4.79 Å². The summed E-state index contributed by atoms with van der Waals surface area (Å²) in [5.41, 5.74) is 3.19. The predicted molar refractivity (Wildman–Crippen MR) is 91.0 cm³/mol. The molecule has 0 spiro atoms. The summed E-state index contributed by atoms with van der Waals surface area (Å²) in [7, 11) is 3.18. The summed E-state index contributed by atoms with van der Waals surface area (Å²) in [5, 5.41) is 3.04. The molecule has 23 heavy (non-hydrogen) atoms. The SMILES string of the molecule is COc1ccc(CC(=O)N[C@@H](C)c2ccccc2C)cc1OC. The molecule has 122 valence electrons. The van der Waals surface area contributed by atoms with Crippen molar-refractivity contribution in [3.05, 3.63) is 59.2 Å². The van der Waals surface area contributed by atoms with Crippen LogP contribution in [-0.4, -0.2) is 20.1 Å². The van der Waals surface area contributed by atoms with Crippen LogP contribution in [0.2, 0.25) is 0 Å². The minimum atomic E-state index is -0.0242. The quantitative estimate of drug-likeness (QED) is 0.889. The largest absolute Gasteiger partial charge is 0.493 e. The molecular formula is C19H23NO3. The average Bonchev–Trinajstić information content (AvgIpc) is 2.54. The van der Waals surface area contributed by atoms with Crippen molar-refractivity contribution in [2.45, 2.75) is 26.3 Å². The topological polar surface area (TPSA) is 47.6 Å². The highest BCUT2D eigenvalue weighted by Gasteiger charge is 2.13. The van der Waals surface area contributed by atoms with Crippen LogP contribution in [0.15, 0.2) is 42.5 Å². The molecule has 2 rings (SSSR count). The van der Waals surface area contributed by atoms with Gasteiger partial charge in [-0.25, -0.2) is 0 Å². The lowest BCUT2D eigenvalue weighted by atomic mass is 10.0.